The summed E-state index contributed by atoms with van der Waals surface area (Å²) in [5.74, 6) is -0.795. The van der Waals surface area contributed by atoms with Gasteiger partial charge in [-0.2, -0.15) is 8.78 Å². The van der Waals surface area contributed by atoms with Crippen LogP contribution in [0.15, 0.2) is 12.1 Å². The molecule has 0 fully saturated rings. The molecule has 0 saturated heterocycles. The van der Waals surface area contributed by atoms with Crippen LogP contribution in [0, 0.1) is 0 Å². The molecule has 0 saturated carbocycles. The van der Waals surface area contributed by atoms with Gasteiger partial charge in [0.1, 0.15) is 0 Å². The number of hydrogen-bond donors (Lipinski definition) is 2. The molecule has 1 amide bonds. The van der Waals surface area contributed by atoms with Crippen molar-refractivity contribution in [3.05, 3.63) is 22.2 Å². The van der Waals surface area contributed by atoms with Crippen LogP contribution in [-0.2, 0) is 4.79 Å². The summed E-state index contributed by atoms with van der Waals surface area (Å²) in [6, 6.07) is 1.76. The molecule has 18 heavy (non-hydrogen) atoms. The summed E-state index contributed by atoms with van der Waals surface area (Å²) < 4.78 is 28.3. The minimum atomic E-state index is -3.04. The number of benzene rings is 1. The third-order valence-corrected chi connectivity index (χ3v) is 2.45. The van der Waals surface area contributed by atoms with Crippen molar-refractivity contribution in [1.82, 2.24) is 0 Å². The van der Waals surface area contributed by atoms with Gasteiger partial charge >= 0.3 is 6.61 Å². The standard InChI is InChI=1S/C10H10Cl2F2N2O2/c1-4(15)9(17)16-5-2-6(11)8(7(12)3-5)18-10(13)14/h2-4,10H,15H2,1H3,(H,16,17)/t4-/m0/s1. The van der Waals surface area contributed by atoms with E-state index in [2.05, 4.69) is 10.1 Å². The Morgan fingerprint density at radius 3 is 2.28 bits per heavy atom. The van der Waals surface area contributed by atoms with Gasteiger partial charge in [0.25, 0.3) is 0 Å². The molecule has 0 bridgehead atoms. The van der Waals surface area contributed by atoms with Crippen LogP contribution in [-0.4, -0.2) is 18.6 Å². The van der Waals surface area contributed by atoms with Crippen molar-refractivity contribution < 1.29 is 18.3 Å². The lowest BCUT2D eigenvalue weighted by Crippen LogP contribution is -2.32. The zero-order valence-corrected chi connectivity index (χ0v) is 10.7. The Labute approximate surface area is 112 Å². The molecule has 0 unspecified atom stereocenters. The fourth-order valence-electron chi connectivity index (χ4n) is 1.09. The lowest BCUT2D eigenvalue weighted by atomic mass is 10.2. The van der Waals surface area contributed by atoms with Crippen LogP contribution in [0.3, 0.4) is 0 Å². The molecule has 0 aliphatic heterocycles. The molecule has 0 aromatic heterocycles. The second-order valence-electron chi connectivity index (χ2n) is 3.43. The predicted octanol–water partition coefficient (Wildman–Crippen LogP) is 2.88. The van der Waals surface area contributed by atoms with Crippen LogP contribution < -0.4 is 15.8 Å². The molecule has 0 heterocycles. The summed E-state index contributed by atoms with van der Waals surface area (Å²) in [4.78, 5) is 11.3. The number of alkyl halides is 2. The van der Waals surface area contributed by atoms with E-state index in [-0.39, 0.29) is 21.5 Å². The largest absolute Gasteiger partial charge is 0.432 e. The second kappa shape index (κ2) is 6.17. The van der Waals surface area contributed by atoms with Crippen LogP contribution >= 0.6 is 23.2 Å². The number of nitrogens with one attached hydrogen (secondary N) is 1. The van der Waals surface area contributed by atoms with Crippen molar-refractivity contribution in [2.45, 2.75) is 19.6 Å². The maximum Gasteiger partial charge on any atom is 0.387 e. The van der Waals surface area contributed by atoms with Gasteiger partial charge in [-0.05, 0) is 19.1 Å². The monoisotopic (exact) mass is 298 g/mol. The normalized spacial score (nSPS) is 12.4. The summed E-state index contributed by atoms with van der Waals surface area (Å²) >= 11 is 11.4. The van der Waals surface area contributed by atoms with E-state index < -0.39 is 18.6 Å². The molecule has 100 valence electrons. The maximum atomic E-state index is 12.1. The van der Waals surface area contributed by atoms with Gasteiger partial charge in [-0.3, -0.25) is 4.79 Å². The molecule has 1 rings (SSSR count). The predicted molar refractivity (Wildman–Crippen MR) is 65.4 cm³/mol. The molecule has 1 atom stereocenters. The summed E-state index contributed by atoms with van der Waals surface area (Å²) in [6.07, 6.45) is 0. The first-order valence-corrected chi connectivity index (χ1v) is 5.57. The van der Waals surface area contributed by atoms with Crippen molar-refractivity contribution in [1.29, 1.82) is 0 Å². The van der Waals surface area contributed by atoms with E-state index in [1.54, 1.807) is 0 Å². The first-order chi connectivity index (χ1) is 8.31. The molecule has 0 aliphatic rings. The van der Waals surface area contributed by atoms with E-state index in [1.165, 1.54) is 19.1 Å². The molecule has 1 aromatic carbocycles. The Balaban J connectivity index is 2.96. The second-order valence-corrected chi connectivity index (χ2v) is 4.24. The van der Waals surface area contributed by atoms with Crippen molar-refractivity contribution in [3.63, 3.8) is 0 Å². The molecular formula is C10H10Cl2F2N2O2. The Hall–Kier alpha value is -1.11. The number of hydrogen-bond acceptors (Lipinski definition) is 3. The molecule has 0 spiro atoms. The number of carbonyl (C=O) groups excluding carboxylic acids is 1. The van der Waals surface area contributed by atoms with E-state index in [0.29, 0.717) is 0 Å². The van der Waals surface area contributed by atoms with Gasteiger partial charge < -0.3 is 15.8 Å². The first kappa shape index (κ1) is 14.9. The SMILES string of the molecule is C[C@H](N)C(=O)Nc1cc(Cl)c(OC(F)F)c(Cl)c1. The smallest absolute Gasteiger partial charge is 0.387 e. The molecular weight excluding hydrogens is 289 g/mol. The van der Waals surface area contributed by atoms with Crippen molar-refractivity contribution in [2.24, 2.45) is 5.73 Å². The van der Waals surface area contributed by atoms with Gasteiger partial charge in [0.2, 0.25) is 5.91 Å². The lowest BCUT2D eigenvalue weighted by molar-refractivity contribution is -0.117. The molecule has 0 radical (unpaired) electrons. The van der Waals surface area contributed by atoms with Gasteiger partial charge in [-0.15, -0.1) is 0 Å². The van der Waals surface area contributed by atoms with E-state index in [4.69, 9.17) is 28.9 Å². The number of nitrogens with two attached hydrogens (primary N) is 1. The maximum absolute atomic E-state index is 12.1. The van der Waals surface area contributed by atoms with Crippen molar-refractivity contribution >= 4 is 34.8 Å². The zero-order chi connectivity index (χ0) is 13.9. The summed E-state index contributed by atoms with van der Waals surface area (Å²) in [5.41, 5.74) is 5.60. The highest BCUT2D eigenvalue weighted by molar-refractivity contribution is 6.37. The fraction of sp³-hybridized carbons (Fsp3) is 0.300. The zero-order valence-electron chi connectivity index (χ0n) is 9.22. The van der Waals surface area contributed by atoms with Crippen LogP contribution in [0.5, 0.6) is 5.75 Å². The number of halogens is 4. The number of rotatable bonds is 4. The molecule has 0 aliphatic carbocycles. The summed E-state index contributed by atoms with van der Waals surface area (Å²) in [7, 11) is 0. The minimum Gasteiger partial charge on any atom is -0.432 e. The average molecular weight is 299 g/mol. The Bertz CT molecular complexity index is 432. The van der Waals surface area contributed by atoms with Gasteiger partial charge in [-0.1, -0.05) is 23.2 Å². The number of carbonyl (C=O) groups is 1. The number of anilines is 1. The van der Waals surface area contributed by atoms with Crippen LogP contribution in [0.4, 0.5) is 14.5 Å². The highest BCUT2D eigenvalue weighted by atomic mass is 35.5. The summed E-state index contributed by atoms with van der Waals surface area (Å²) in [6.45, 7) is -1.54. The van der Waals surface area contributed by atoms with Crippen LogP contribution in [0.25, 0.3) is 0 Å². The Kier molecular flexibility index (Phi) is 5.13. The molecule has 3 N–H and O–H groups in total. The van der Waals surface area contributed by atoms with E-state index in [1.807, 2.05) is 0 Å². The topological polar surface area (TPSA) is 64.4 Å². The molecule has 8 heteroatoms. The summed E-state index contributed by atoms with van der Waals surface area (Å²) in [5, 5.41) is 2.16. The van der Waals surface area contributed by atoms with Crippen LogP contribution in [0.1, 0.15) is 6.92 Å². The Morgan fingerprint density at radius 1 is 1.39 bits per heavy atom. The molecule has 4 nitrogen and oxygen atoms in total. The number of amides is 1. The first-order valence-electron chi connectivity index (χ1n) is 4.81. The van der Waals surface area contributed by atoms with E-state index in [9.17, 15) is 13.6 Å². The molecule has 1 aromatic rings. The number of ether oxygens (including phenoxy) is 1. The quantitative estimate of drug-likeness (QED) is 0.898. The highest BCUT2D eigenvalue weighted by Gasteiger charge is 2.16. The van der Waals surface area contributed by atoms with Crippen molar-refractivity contribution in [3.8, 4) is 5.75 Å². The van der Waals surface area contributed by atoms with Crippen molar-refractivity contribution in [2.75, 3.05) is 5.32 Å². The van der Waals surface area contributed by atoms with Gasteiger partial charge in [0.05, 0.1) is 16.1 Å². The van der Waals surface area contributed by atoms with Gasteiger partial charge in [0, 0.05) is 5.69 Å². The average Bonchev–Trinajstić information content (AvgIpc) is 2.23. The Morgan fingerprint density at radius 2 is 1.89 bits per heavy atom. The van der Waals surface area contributed by atoms with Gasteiger partial charge in [0.15, 0.2) is 5.75 Å². The minimum absolute atomic E-state index is 0.136. The third-order valence-electron chi connectivity index (χ3n) is 1.89. The van der Waals surface area contributed by atoms with E-state index >= 15 is 0 Å². The highest BCUT2D eigenvalue weighted by Crippen LogP contribution is 2.36. The lowest BCUT2D eigenvalue weighted by Gasteiger charge is -2.12. The van der Waals surface area contributed by atoms with Gasteiger partial charge in [-0.25, -0.2) is 0 Å². The third kappa shape index (κ3) is 3.97. The van der Waals surface area contributed by atoms with E-state index in [0.717, 1.165) is 0 Å². The fourth-order valence-corrected chi connectivity index (χ4v) is 1.67. The van der Waals surface area contributed by atoms with Crippen LogP contribution in [0.2, 0.25) is 10.0 Å².